The van der Waals surface area contributed by atoms with E-state index >= 15 is 0 Å². The average Bonchev–Trinajstić information content (AvgIpc) is 3.38. The summed E-state index contributed by atoms with van der Waals surface area (Å²) in [5.74, 6) is -1.28. The smallest absolute Gasteiger partial charge is 0.338 e. The Morgan fingerprint density at radius 2 is 1.03 bits per heavy atom. The Balaban J connectivity index is 1.74. The zero-order chi connectivity index (χ0) is 50.3. The fourth-order valence-electron chi connectivity index (χ4n) is 9.73. The van der Waals surface area contributed by atoms with Gasteiger partial charge in [0.1, 0.15) is 18.3 Å². The van der Waals surface area contributed by atoms with E-state index in [9.17, 15) is 21.2 Å². The Morgan fingerprint density at radius 3 is 1.49 bits per heavy atom. The third-order valence-electron chi connectivity index (χ3n) is 14.1. The molecule has 0 aliphatic carbocycles. The van der Waals surface area contributed by atoms with Crippen molar-refractivity contribution in [2.45, 2.75) is 275 Å². The van der Waals surface area contributed by atoms with Crippen molar-refractivity contribution in [2.75, 3.05) is 19.8 Å². The normalized spacial score (nSPS) is 18.9. The van der Waals surface area contributed by atoms with E-state index in [-0.39, 0.29) is 19.1 Å². The minimum atomic E-state index is -1.51. The molecule has 0 unspecified atom stereocenters. The number of aliphatic hydroxyl groups is 2. The molecule has 1 aliphatic rings. The first-order valence-electron chi connectivity index (χ1n) is 29.1. The van der Waals surface area contributed by atoms with Crippen molar-refractivity contribution >= 4 is 11.9 Å². The van der Waals surface area contributed by atoms with Crippen LogP contribution in [0.2, 0.25) is 1.41 Å². The minimum Gasteiger partial charge on any atom is -0.451 e. The van der Waals surface area contributed by atoms with Gasteiger partial charge in [-0.1, -0.05) is 261 Å². The number of amides is 1. The Bertz CT molecular complexity index is 1500. The molecular weight excluding hydrogens is 863 g/mol. The Labute approximate surface area is 422 Å². The van der Waals surface area contributed by atoms with E-state index in [0.29, 0.717) is 19.4 Å². The van der Waals surface area contributed by atoms with Crippen molar-refractivity contribution in [3.05, 3.63) is 71.8 Å². The molecule has 9 nitrogen and oxygen atoms in total. The number of benzene rings is 2. The van der Waals surface area contributed by atoms with E-state index in [1.807, 2.05) is 60.7 Å². The van der Waals surface area contributed by atoms with Crippen molar-refractivity contribution in [3.8, 4) is 0 Å². The molecule has 9 heteroatoms. The van der Waals surface area contributed by atoms with Gasteiger partial charge >= 0.3 is 5.97 Å². The summed E-state index contributed by atoms with van der Waals surface area (Å²) in [6, 6.07) is 17.5. The molecule has 0 spiro atoms. The standard InChI is InChI=1S/C60H101NO8/c1-4-7-10-13-16-19-21-23-26-29-38-45-54(63)61-55-58(56(64)53(49-62)68-59(55)60(65)69-57(50-40-33-31-34-41-50)51-42-35-32-36-43-51)67-48-46-52(44-37-28-25-22-18-15-12-9-6-3)66-47-39-30-27-24-20-17-14-11-8-5-2/h31-36,40-43,52-53,55-59,62,64H,4-30,37-39,44-49H2,1-3H3,(H,61,63)/t52-,53-,55-,56-,58-,59+/m1/s1/i/hD. The van der Waals surface area contributed by atoms with Gasteiger partial charge in [-0.25, -0.2) is 4.79 Å². The highest BCUT2D eigenvalue weighted by atomic mass is 16.6. The second kappa shape index (κ2) is 40.7. The molecular formula is C60H101NO8. The third-order valence-corrected chi connectivity index (χ3v) is 14.1. The van der Waals surface area contributed by atoms with Crippen molar-refractivity contribution in [3.63, 3.8) is 0 Å². The molecule has 0 aromatic heterocycles. The monoisotopic (exact) mass is 965 g/mol. The molecule has 3 N–H and O–H groups in total. The van der Waals surface area contributed by atoms with E-state index in [1.165, 1.54) is 141 Å². The first-order chi connectivity index (χ1) is 34.4. The molecule has 0 saturated carbocycles. The largest absolute Gasteiger partial charge is 0.451 e. The van der Waals surface area contributed by atoms with E-state index < -0.39 is 55.0 Å². The highest BCUT2D eigenvalue weighted by molar-refractivity contribution is 5.80. The highest BCUT2D eigenvalue weighted by Gasteiger charge is 2.50. The van der Waals surface area contributed by atoms with Crippen LogP contribution in [0.4, 0.5) is 0 Å². The fourth-order valence-corrected chi connectivity index (χ4v) is 9.73. The van der Waals surface area contributed by atoms with E-state index in [0.717, 1.165) is 67.8 Å². The zero-order valence-corrected chi connectivity index (χ0v) is 44.1. The van der Waals surface area contributed by atoms with Crippen LogP contribution in [-0.4, -0.2) is 78.5 Å². The molecule has 2 aromatic rings. The quantitative estimate of drug-likeness (QED) is 0.0443. The number of carbonyl (C=O) groups is 2. The molecule has 3 rings (SSSR count). The third kappa shape index (κ3) is 27.0. The van der Waals surface area contributed by atoms with Crippen LogP contribution in [-0.2, 0) is 28.5 Å². The first kappa shape index (κ1) is 58.7. The Hall–Kier alpha value is -2.82. The van der Waals surface area contributed by atoms with Crippen LogP contribution >= 0.6 is 0 Å². The van der Waals surface area contributed by atoms with Gasteiger partial charge in [0.15, 0.2) is 13.6 Å². The van der Waals surface area contributed by atoms with Crippen molar-refractivity contribution in [1.82, 2.24) is 5.31 Å². The molecule has 2 aromatic carbocycles. The zero-order valence-electron chi connectivity index (χ0n) is 45.1. The molecule has 0 radical (unpaired) electrons. The highest BCUT2D eigenvalue weighted by Crippen LogP contribution is 2.31. The van der Waals surface area contributed by atoms with Crippen molar-refractivity contribution < 1.29 is 40.2 Å². The number of esters is 1. The lowest BCUT2D eigenvalue weighted by atomic mass is 9.91. The second-order valence-electron chi connectivity index (χ2n) is 20.1. The van der Waals surface area contributed by atoms with Gasteiger partial charge < -0.3 is 34.5 Å². The van der Waals surface area contributed by atoms with Crippen molar-refractivity contribution in [2.24, 2.45) is 0 Å². The summed E-state index contributed by atoms with van der Waals surface area (Å²) in [5, 5.41) is 23.1. The van der Waals surface area contributed by atoms with E-state index in [2.05, 4.69) is 20.8 Å². The second-order valence-corrected chi connectivity index (χ2v) is 20.1. The summed E-state index contributed by atoms with van der Waals surface area (Å²) >= 11 is 0. The molecule has 1 amide bonds. The van der Waals surface area contributed by atoms with Gasteiger partial charge in [0.25, 0.3) is 0 Å². The fraction of sp³-hybridized carbons (Fsp3) is 0.767. The van der Waals surface area contributed by atoms with E-state index in [4.69, 9.17) is 18.9 Å². The lowest BCUT2D eigenvalue weighted by molar-refractivity contribution is -0.221. The molecule has 394 valence electrons. The summed E-state index contributed by atoms with van der Waals surface area (Å²) in [4.78, 5) is 28.6. The van der Waals surface area contributed by atoms with Gasteiger partial charge in [-0.05, 0) is 36.8 Å². The lowest BCUT2D eigenvalue weighted by Gasteiger charge is -2.44. The molecule has 1 heterocycles. The summed E-state index contributed by atoms with van der Waals surface area (Å²) in [5.41, 5.74) is 1.49. The molecule has 6 atom stereocenters. The summed E-state index contributed by atoms with van der Waals surface area (Å²) in [6.45, 7) is 7.02. The summed E-state index contributed by atoms with van der Waals surface area (Å²) in [6.07, 6.45) is 31.6. The maximum absolute atomic E-state index is 14.6. The Morgan fingerprint density at radius 1 is 0.594 bits per heavy atom. The topological polar surface area (TPSA) is 124 Å². The number of ether oxygens (including phenoxy) is 4. The molecule has 1 fully saturated rings. The van der Waals surface area contributed by atoms with Crippen LogP contribution in [0.25, 0.3) is 0 Å². The SMILES string of the molecule is [2H]N(C(=O)CCCCCCCCCCCCC)[C@@H]1[C@@H](OCC[C@@H](CCCCCCCCCCC)OCCCCCCCCCCCC)[C@H](O)[C@@H](CO)O[C@@H]1C(=O)OC(c1ccccc1)c1ccccc1. The van der Waals surface area contributed by atoms with Crippen LogP contribution in [0.5, 0.6) is 0 Å². The van der Waals surface area contributed by atoms with Crippen molar-refractivity contribution in [1.29, 1.82) is 0 Å². The van der Waals surface area contributed by atoms with Crippen LogP contribution < -0.4 is 5.31 Å². The maximum atomic E-state index is 14.6. The van der Waals surface area contributed by atoms with Gasteiger partial charge in [-0.3, -0.25) is 4.79 Å². The Kier molecular flexibility index (Phi) is 34.7. The van der Waals surface area contributed by atoms with Gasteiger partial charge in [0, 0.05) is 19.6 Å². The maximum Gasteiger partial charge on any atom is 0.338 e. The number of hydrogen-bond acceptors (Lipinski definition) is 8. The van der Waals surface area contributed by atoms with Crippen LogP contribution in [0.1, 0.15) is 250 Å². The van der Waals surface area contributed by atoms with Gasteiger partial charge in [0.05, 0.1) is 18.8 Å². The summed E-state index contributed by atoms with van der Waals surface area (Å²) < 4.78 is 34.9. The number of aliphatic hydroxyl groups excluding tert-OH is 2. The van der Waals surface area contributed by atoms with Crippen LogP contribution in [0.3, 0.4) is 0 Å². The average molecular weight is 965 g/mol. The predicted molar refractivity (Wildman–Crippen MR) is 283 cm³/mol. The number of unbranched alkanes of at least 4 members (excludes halogenated alkanes) is 27. The van der Waals surface area contributed by atoms with Gasteiger partial charge in [0.2, 0.25) is 5.91 Å². The van der Waals surface area contributed by atoms with Gasteiger partial charge in [-0.15, -0.1) is 0 Å². The van der Waals surface area contributed by atoms with Crippen LogP contribution in [0, 0.1) is 0 Å². The number of nitrogens with one attached hydrogen (secondary N) is 1. The molecule has 69 heavy (non-hydrogen) atoms. The number of hydrogen-bond donors (Lipinski definition) is 3. The molecule has 1 saturated heterocycles. The predicted octanol–water partition coefficient (Wildman–Crippen LogP) is 14.6. The van der Waals surface area contributed by atoms with Crippen LogP contribution in [0.15, 0.2) is 60.7 Å². The van der Waals surface area contributed by atoms with E-state index in [1.54, 1.807) is 0 Å². The molecule has 0 bridgehead atoms. The first-order valence-corrected chi connectivity index (χ1v) is 28.6. The summed E-state index contributed by atoms with van der Waals surface area (Å²) in [7, 11) is 0. The number of carbonyl (C=O) groups excluding carboxylic acids is 2. The molecule has 1 aliphatic heterocycles. The van der Waals surface area contributed by atoms with Gasteiger partial charge in [-0.2, -0.15) is 0 Å². The lowest BCUT2D eigenvalue weighted by Crippen LogP contribution is -2.67. The minimum absolute atomic E-state index is 0.0553. The number of rotatable bonds is 44.